The summed E-state index contributed by atoms with van der Waals surface area (Å²) in [7, 11) is 1.35. The summed E-state index contributed by atoms with van der Waals surface area (Å²) in [6.07, 6.45) is 3.67. The molecule has 1 aromatic heterocycles. The highest BCUT2D eigenvalue weighted by atomic mass is 16.5. The number of aliphatic hydroxyl groups is 1. The highest BCUT2D eigenvalue weighted by Crippen LogP contribution is 2.13. The summed E-state index contributed by atoms with van der Waals surface area (Å²) in [6.45, 7) is 4.77. The number of rotatable bonds is 7. The van der Waals surface area contributed by atoms with Crippen molar-refractivity contribution < 1.29 is 14.6 Å². The number of carbonyl (C=O) groups excluding carboxylic acids is 1. The number of aliphatic hydroxyl groups excluding tert-OH is 1. The number of nitrogens with one attached hydrogen (secondary N) is 2. The lowest BCUT2D eigenvalue weighted by molar-refractivity contribution is 0.0595. The number of carbonyl (C=O) groups is 1. The van der Waals surface area contributed by atoms with Gasteiger partial charge in [-0.25, -0.2) is 4.79 Å². The zero-order valence-corrected chi connectivity index (χ0v) is 11.2. The van der Waals surface area contributed by atoms with Gasteiger partial charge in [-0.1, -0.05) is 13.3 Å². The van der Waals surface area contributed by atoms with E-state index in [-0.39, 0.29) is 18.1 Å². The number of aromatic nitrogens is 1. The van der Waals surface area contributed by atoms with E-state index in [4.69, 9.17) is 0 Å². The van der Waals surface area contributed by atoms with Crippen molar-refractivity contribution in [3.05, 3.63) is 23.5 Å². The van der Waals surface area contributed by atoms with Crippen LogP contribution in [0.25, 0.3) is 0 Å². The van der Waals surface area contributed by atoms with Crippen LogP contribution in [0.5, 0.6) is 0 Å². The van der Waals surface area contributed by atoms with E-state index in [2.05, 4.69) is 22.0 Å². The summed E-state index contributed by atoms with van der Waals surface area (Å²) >= 11 is 0. The molecule has 1 rings (SSSR count). The third-order valence-electron chi connectivity index (χ3n) is 3.02. The van der Waals surface area contributed by atoms with Gasteiger partial charge in [0.25, 0.3) is 0 Å². The van der Waals surface area contributed by atoms with Gasteiger partial charge in [0.2, 0.25) is 0 Å². The number of aromatic amines is 1. The van der Waals surface area contributed by atoms with Crippen molar-refractivity contribution >= 4 is 5.97 Å². The van der Waals surface area contributed by atoms with Crippen LogP contribution in [0.2, 0.25) is 0 Å². The average Bonchev–Trinajstić information content (AvgIpc) is 2.85. The maximum absolute atomic E-state index is 11.3. The first kappa shape index (κ1) is 14.7. The van der Waals surface area contributed by atoms with Crippen LogP contribution >= 0.6 is 0 Å². The van der Waals surface area contributed by atoms with E-state index in [0.29, 0.717) is 12.2 Å². The molecule has 5 heteroatoms. The number of hydrogen-bond donors (Lipinski definition) is 3. The van der Waals surface area contributed by atoms with Gasteiger partial charge in [0.05, 0.1) is 13.7 Å². The maximum atomic E-state index is 11.3. The number of ether oxygens (including phenoxy) is 1. The van der Waals surface area contributed by atoms with Crippen molar-refractivity contribution in [1.29, 1.82) is 0 Å². The van der Waals surface area contributed by atoms with Crippen LogP contribution in [0, 0.1) is 0 Å². The first-order chi connectivity index (χ1) is 8.54. The van der Waals surface area contributed by atoms with Crippen LogP contribution in [0.1, 0.15) is 42.7 Å². The van der Waals surface area contributed by atoms with Gasteiger partial charge < -0.3 is 20.1 Å². The molecule has 0 aliphatic heterocycles. The van der Waals surface area contributed by atoms with Crippen molar-refractivity contribution in [2.75, 3.05) is 13.7 Å². The number of esters is 1. The van der Waals surface area contributed by atoms with E-state index < -0.39 is 0 Å². The van der Waals surface area contributed by atoms with E-state index in [1.807, 2.05) is 6.92 Å². The molecule has 0 radical (unpaired) electrons. The van der Waals surface area contributed by atoms with Gasteiger partial charge in [-0.2, -0.15) is 0 Å². The smallest absolute Gasteiger partial charge is 0.354 e. The Morgan fingerprint density at radius 2 is 2.33 bits per heavy atom. The van der Waals surface area contributed by atoms with Crippen molar-refractivity contribution in [1.82, 2.24) is 10.3 Å². The molecule has 0 fully saturated rings. The Morgan fingerprint density at radius 3 is 2.89 bits per heavy atom. The molecule has 18 heavy (non-hydrogen) atoms. The normalized spacial score (nSPS) is 14.2. The van der Waals surface area contributed by atoms with Crippen molar-refractivity contribution in [2.24, 2.45) is 0 Å². The molecular weight excluding hydrogens is 232 g/mol. The fourth-order valence-electron chi connectivity index (χ4n) is 1.86. The van der Waals surface area contributed by atoms with Gasteiger partial charge in [-0.05, 0) is 25.0 Å². The highest BCUT2D eigenvalue weighted by Gasteiger charge is 2.21. The highest BCUT2D eigenvalue weighted by molar-refractivity contribution is 5.87. The second-order valence-corrected chi connectivity index (χ2v) is 4.74. The predicted molar refractivity (Wildman–Crippen MR) is 69.4 cm³/mol. The van der Waals surface area contributed by atoms with Gasteiger partial charge in [0.15, 0.2) is 0 Å². The fraction of sp³-hybridized carbons (Fsp3) is 0.615. The van der Waals surface area contributed by atoms with Gasteiger partial charge in [-0.3, -0.25) is 0 Å². The summed E-state index contributed by atoms with van der Waals surface area (Å²) < 4.78 is 4.62. The van der Waals surface area contributed by atoms with Crippen molar-refractivity contribution in [2.45, 2.75) is 38.8 Å². The predicted octanol–water partition coefficient (Wildman–Crippen LogP) is 1.44. The van der Waals surface area contributed by atoms with E-state index >= 15 is 0 Å². The van der Waals surface area contributed by atoms with E-state index in [1.165, 1.54) is 7.11 Å². The Kier molecular flexibility index (Phi) is 5.37. The maximum Gasteiger partial charge on any atom is 0.354 e. The summed E-state index contributed by atoms with van der Waals surface area (Å²) in [5.74, 6) is -0.375. The Balaban J connectivity index is 2.57. The van der Waals surface area contributed by atoms with Crippen LogP contribution in [-0.2, 0) is 11.3 Å². The quantitative estimate of drug-likeness (QED) is 0.644. The van der Waals surface area contributed by atoms with Crippen LogP contribution in [-0.4, -0.2) is 35.3 Å². The standard InChI is InChI=1S/C13H22N2O3/c1-4-5-13(2,9-16)15-8-10-6-11(14-7-10)12(17)18-3/h6-7,14-16H,4-5,8-9H2,1-3H3. The van der Waals surface area contributed by atoms with Gasteiger partial charge in [0.1, 0.15) is 5.69 Å². The molecule has 0 bridgehead atoms. The second-order valence-electron chi connectivity index (χ2n) is 4.74. The molecule has 1 aromatic rings. The first-order valence-electron chi connectivity index (χ1n) is 6.16. The molecule has 0 saturated heterocycles. The summed E-state index contributed by atoms with van der Waals surface area (Å²) in [4.78, 5) is 14.1. The number of H-pyrrole nitrogens is 1. The first-order valence-corrected chi connectivity index (χ1v) is 6.16. The Labute approximate surface area is 108 Å². The third-order valence-corrected chi connectivity index (χ3v) is 3.02. The molecule has 0 amide bonds. The van der Waals surface area contributed by atoms with Crippen molar-refractivity contribution in [3.8, 4) is 0 Å². The zero-order chi connectivity index (χ0) is 13.6. The van der Waals surface area contributed by atoms with Crippen LogP contribution in [0.4, 0.5) is 0 Å². The molecule has 0 saturated carbocycles. The fourth-order valence-corrected chi connectivity index (χ4v) is 1.86. The van der Waals surface area contributed by atoms with Crippen LogP contribution in [0.3, 0.4) is 0 Å². The molecule has 1 atom stereocenters. The molecule has 0 aliphatic rings. The van der Waals surface area contributed by atoms with E-state index in [1.54, 1.807) is 12.3 Å². The Morgan fingerprint density at radius 1 is 1.61 bits per heavy atom. The largest absolute Gasteiger partial charge is 0.464 e. The topological polar surface area (TPSA) is 74.4 Å². The molecule has 5 nitrogen and oxygen atoms in total. The van der Waals surface area contributed by atoms with Gasteiger partial charge in [0, 0.05) is 18.3 Å². The molecule has 0 aromatic carbocycles. The van der Waals surface area contributed by atoms with Crippen LogP contribution in [0.15, 0.2) is 12.3 Å². The molecule has 0 aliphatic carbocycles. The Hall–Kier alpha value is -1.33. The minimum absolute atomic E-state index is 0.0924. The monoisotopic (exact) mass is 254 g/mol. The summed E-state index contributed by atoms with van der Waals surface area (Å²) in [5, 5.41) is 12.7. The lowest BCUT2D eigenvalue weighted by Crippen LogP contribution is -2.45. The zero-order valence-electron chi connectivity index (χ0n) is 11.2. The summed E-state index contributed by atoms with van der Waals surface area (Å²) in [5.41, 5.74) is 1.12. The van der Waals surface area contributed by atoms with Crippen LogP contribution < -0.4 is 5.32 Å². The van der Waals surface area contributed by atoms with Gasteiger partial charge >= 0.3 is 5.97 Å². The average molecular weight is 254 g/mol. The molecule has 3 N–H and O–H groups in total. The summed E-state index contributed by atoms with van der Waals surface area (Å²) in [6, 6.07) is 1.75. The molecule has 0 spiro atoms. The SMILES string of the molecule is CCCC(C)(CO)NCc1c[nH]c(C(=O)OC)c1. The van der Waals surface area contributed by atoms with Crippen molar-refractivity contribution in [3.63, 3.8) is 0 Å². The second kappa shape index (κ2) is 6.56. The molecule has 1 heterocycles. The van der Waals surface area contributed by atoms with Gasteiger partial charge in [-0.15, -0.1) is 0 Å². The molecular formula is C13H22N2O3. The lowest BCUT2D eigenvalue weighted by atomic mass is 9.97. The minimum Gasteiger partial charge on any atom is -0.464 e. The number of hydrogen-bond acceptors (Lipinski definition) is 4. The third kappa shape index (κ3) is 3.85. The molecule has 102 valence electrons. The lowest BCUT2D eigenvalue weighted by Gasteiger charge is -2.28. The van der Waals surface area contributed by atoms with E-state index in [0.717, 1.165) is 18.4 Å². The minimum atomic E-state index is -0.375. The van der Waals surface area contributed by atoms with E-state index in [9.17, 15) is 9.90 Å². The number of methoxy groups -OCH3 is 1. The molecule has 1 unspecified atom stereocenters. The Bertz CT molecular complexity index is 389.